The smallest absolute Gasteiger partial charge is 0.161 e. The van der Waals surface area contributed by atoms with Gasteiger partial charge in [0.2, 0.25) is 0 Å². The molecule has 0 fully saturated rings. The van der Waals surface area contributed by atoms with E-state index in [0.717, 1.165) is 44.0 Å². The second-order valence-electron chi connectivity index (χ2n) is 7.30. The van der Waals surface area contributed by atoms with Crippen molar-refractivity contribution < 1.29 is 4.79 Å². The third-order valence-corrected chi connectivity index (χ3v) is 8.10. The van der Waals surface area contributed by atoms with Crippen LogP contribution in [0.4, 0.5) is 5.69 Å². The van der Waals surface area contributed by atoms with Gasteiger partial charge in [-0.2, -0.15) is 5.26 Å². The molecule has 0 saturated heterocycles. The number of carbonyl (C=O) groups excluding carboxylic acids is 1. The van der Waals surface area contributed by atoms with E-state index in [-0.39, 0.29) is 5.78 Å². The van der Waals surface area contributed by atoms with Gasteiger partial charge in [-0.3, -0.25) is 9.69 Å². The molecule has 29 heavy (non-hydrogen) atoms. The lowest BCUT2D eigenvalue weighted by Crippen LogP contribution is -2.38. The number of nitriles is 1. The molecular weight excluding hydrogens is 470 g/mol. The molecule has 2 aliphatic rings. The van der Waals surface area contributed by atoms with E-state index >= 15 is 0 Å². The van der Waals surface area contributed by atoms with Crippen molar-refractivity contribution in [3.63, 3.8) is 0 Å². The number of benzene rings is 1. The van der Waals surface area contributed by atoms with E-state index in [2.05, 4.69) is 22.0 Å². The van der Waals surface area contributed by atoms with E-state index in [1.165, 1.54) is 0 Å². The number of ketones is 1. The molecule has 1 aliphatic heterocycles. The summed E-state index contributed by atoms with van der Waals surface area (Å²) in [5.74, 6) is 0.0323. The fourth-order valence-electron chi connectivity index (χ4n) is 4.01. The van der Waals surface area contributed by atoms with E-state index in [9.17, 15) is 10.1 Å². The number of allylic oxidation sites excluding steroid dienone is 3. The van der Waals surface area contributed by atoms with Crippen LogP contribution in [0.5, 0.6) is 0 Å². The van der Waals surface area contributed by atoms with Crippen LogP contribution in [0.25, 0.3) is 0 Å². The third-order valence-electron chi connectivity index (χ3n) is 5.49. The van der Waals surface area contributed by atoms with Gasteiger partial charge in [-0.05, 0) is 66.4 Å². The maximum absolute atomic E-state index is 13.1. The van der Waals surface area contributed by atoms with Gasteiger partial charge in [0, 0.05) is 42.6 Å². The normalized spacial score (nSPS) is 19.5. The highest BCUT2D eigenvalue weighted by molar-refractivity contribution is 9.10. The van der Waals surface area contributed by atoms with Crippen LogP contribution in [0.15, 0.2) is 51.4 Å². The Hall–Kier alpha value is -2.07. The molecule has 0 saturated carbocycles. The Bertz CT molecular complexity index is 1120. The van der Waals surface area contributed by atoms with Gasteiger partial charge in [0.1, 0.15) is 5.82 Å². The molecule has 1 aromatic carbocycles. The van der Waals surface area contributed by atoms with Gasteiger partial charge in [0.15, 0.2) is 5.78 Å². The van der Waals surface area contributed by atoms with Crippen molar-refractivity contribution in [3.05, 3.63) is 71.7 Å². The first-order valence-electron chi connectivity index (χ1n) is 9.31. The molecule has 0 radical (unpaired) electrons. The van der Waals surface area contributed by atoms with Gasteiger partial charge >= 0.3 is 0 Å². The fraction of sp³-hybridized carbons (Fsp3) is 0.273. The number of carbonyl (C=O) groups is 1. The summed E-state index contributed by atoms with van der Waals surface area (Å²) in [4.78, 5) is 17.0. The van der Waals surface area contributed by atoms with Crippen LogP contribution in [-0.4, -0.2) is 5.78 Å². The number of nitrogens with zero attached hydrogens (tertiary/aromatic N) is 2. The van der Waals surface area contributed by atoms with Crippen LogP contribution in [0.1, 0.15) is 40.5 Å². The largest absolute Gasteiger partial charge is 0.384 e. The van der Waals surface area contributed by atoms with Crippen LogP contribution in [-0.2, 0) is 4.79 Å². The molecule has 0 spiro atoms. The lowest BCUT2D eigenvalue weighted by atomic mass is 9.78. The fourth-order valence-corrected chi connectivity index (χ4v) is 5.87. The van der Waals surface area contributed by atoms with Crippen molar-refractivity contribution >= 4 is 50.3 Å². The van der Waals surface area contributed by atoms with Crippen molar-refractivity contribution in [2.24, 2.45) is 5.73 Å². The molecule has 148 valence electrons. The average molecular weight is 489 g/mol. The van der Waals surface area contributed by atoms with E-state index in [4.69, 9.17) is 17.3 Å². The Morgan fingerprint density at radius 3 is 2.69 bits per heavy atom. The van der Waals surface area contributed by atoms with Crippen LogP contribution in [0.3, 0.4) is 0 Å². The molecule has 2 N–H and O–H groups in total. The maximum atomic E-state index is 13.1. The van der Waals surface area contributed by atoms with Crippen LogP contribution in [0, 0.1) is 25.2 Å². The Morgan fingerprint density at radius 2 is 2.07 bits per heavy atom. The number of aryl methyl sites for hydroxylation is 2. The average Bonchev–Trinajstić information content (AvgIpc) is 3.02. The molecule has 7 heteroatoms. The monoisotopic (exact) mass is 487 g/mol. The first kappa shape index (κ1) is 20.2. The zero-order valence-corrected chi connectivity index (χ0v) is 19.2. The molecule has 0 bridgehead atoms. The lowest BCUT2D eigenvalue weighted by molar-refractivity contribution is -0.116. The van der Waals surface area contributed by atoms with Crippen molar-refractivity contribution in [1.29, 1.82) is 5.26 Å². The standard InChI is InChI=1S/C22H19BrClN3OS/c1-11-6-7-13(8-16(11)24)27-17-4-3-5-18(28)21(17)20(14(10-25)22(27)26)19-9-15(23)12(2)29-19/h6-9,20H,3-5,26H2,1-2H3. The predicted octanol–water partition coefficient (Wildman–Crippen LogP) is 6.09. The topological polar surface area (TPSA) is 70.1 Å². The number of halogens is 2. The van der Waals surface area contributed by atoms with Crippen LogP contribution in [0.2, 0.25) is 5.02 Å². The molecule has 1 unspecified atom stereocenters. The molecule has 1 aromatic heterocycles. The Kier molecular flexibility index (Phi) is 5.32. The van der Waals surface area contributed by atoms with Gasteiger partial charge in [-0.25, -0.2) is 0 Å². The third kappa shape index (κ3) is 3.31. The molecule has 2 heterocycles. The summed E-state index contributed by atoms with van der Waals surface area (Å²) < 4.78 is 0.978. The van der Waals surface area contributed by atoms with Gasteiger partial charge in [-0.1, -0.05) is 17.7 Å². The van der Waals surface area contributed by atoms with E-state index in [0.29, 0.717) is 28.4 Å². The van der Waals surface area contributed by atoms with E-state index < -0.39 is 5.92 Å². The van der Waals surface area contributed by atoms with E-state index in [1.54, 1.807) is 11.3 Å². The molecule has 2 aromatic rings. The molecule has 1 atom stereocenters. The highest BCUT2D eigenvalue weighted by Gasteiger charge is 2.41. The summed E-state index contributed by atoms with van der Waals surface area (Å²) in [5.41, 5.74) is 10.3. The second-order valence-corrected chi connectivity index (χ2v) is 9.85. The van der Waals surface area contributed by atoms with Crippen molar-refractivity contribution in [2.75, 3.05) is 4.90 Å². The highest BCUT2D eigenvalue weighted by Crippen LogP contribution is 2.48. The summed E-state index contributed by atoms with van der Waals surface area (Å²) in [6.07, 6.45) is 1.98. The molecule has 0 amide bonds. The van der Waals surface area contributed by atoms with Gasteiger partial charge in [0.25, 0.3) is 0 Å². The Balaban J connectivity index is 1.97. The maximum Gasteiger partial charge on any atom is 0.161 e. The molecule has 1 aliphatic carbocycles. The SMILES string of the molecule is Cc1ccc(N2C(N)=C(C#N)C(c3cc(Br)c(C)s3)C3=C2CCCC3=O)cc1Cl. The zero-order chi connectivity index (χ0) is 20.9. The van der Waals surface area contributed by atoms with Crippen molar-refractivity contribution in [3.8, 4) is 6.07 Å². The van der Waals surface area contributed by atoms with Gasteiger partial charge in [0.05, 0.1) is 17.6 Å². The lowest BCUT2D eigenvalue weighted by Gasteiger charge is -2.39. The number of anilines is 1. The van der Waals surface area contributed by atoms with Crippen molar-refractivity contribution in [1.82, 2.24) is 0 Å². The number of hydrogen-bond donors (Lipinski definition) is 1. The summed E-state index contributed by atoms with van der Waals surface area (Å²) >= 11 is 11.5. The number of nitrogens with two attached hydrogens (primary N) is 1. The van der Waals surface area contributed by atoms with Gasteiger partial charge < -0.3 is 5.73 Å². The summed E-state index contributed by atoms with van der Waals surface area (Å²) in [6, 6.07) is 9.99. The number of Topliss-reactive ketones (excluding diaryl/α,β-unsaturated/α-hetero) is 1. The highest BCUT2D eigenvalue weighted by atomic mass is 79.9. The first-order chi connectivity index (χ1) is 13.8. The van der Waals surface area contributed by atoms with Crippen LogP contribution >= 0.6 is 38.9 Å². The minimum atomic E-state index is -0.421. The van der Waals surface area contributed by atoms with E-state index in [1.807, 2.05) is 43.0 Å². The molecule has 4 nitrogen and oxygen atoms in total. The summed E-state index contributed by atoms with van der Waals surface area (Å²) in [6.45, 7) is 3.95. The molecular formula is C22H19BrClN3OS. The Morgan fingerprint density at radius 1 is 1.31 bits per heavy atom. The van der Waals surface area contributed by atoms with Gasteiger partial charge in [-0.15, -0.1) is 11.3 Å². The number of hydrogen-bond acceptors (Lipinski definition) is 5. The quantitative estimate of drug-likeness (QED) is 0.555. The summed E-state index contributed by atoms with van der Waals surface area (Å²) in [5, 5.41) is 10.7. The summed E-state index contributed by atoms with van der Waals surface area (Å²) in [7, 11) is 0. The van der Waals surface area contributed by atoms with Crippen molar-refractivity contribution in [2.45, 2.75) is 39.0 Å². The minimum Gasteiger partial charge on any atom is -0.384 e. The first-order valence-corrected chi connectivity index (χ1v) is 11.3. The Labute approximate surface area is 187 Å². The zero-order valence-electron chi connectivity index (χ0n) is 16.1. The molecule has 4 rings (SSSR count). The van der Waals surface area contributed by atoms with Crippen LogP contribution < -0.4 is 10.6 Å². The minimum absolute atomic E-state index is 0.0851. The number of rotatable bonds is 2. The number of thiophene rings is 1. The second kappa shape index (κ2) is 7.64. The predicted molar refractivity (Wildman–Crippen MR) is 121 cm³/mol.